The summed E-state index contributed by atoms with van der Waals surface area (Å²) in [5.41, 5.74) is 0. The topological polar surface area (TPSA) is 32.3 Å². The van der Waals surface area contributed by atoms with Gasteiger partial charge in [-0.1, -0.05) is 53.9 Å². The number of hydrogen-bond donors (Lipinski definition) is 1. The second kappa shape index (κ2) is 7.13. The van der Waals surface area contributed by atoms with Gasteiger partial charge in [0.05, 0.1) is 12.2 Å². The SMILES string of the molecule is CCC1CCCC(N2C(=O)C(CC(C)C)NC2C(C)C)C1. The van der Waals surface area contributed by atoms with Crippen LogP contribution in [0.25, 0.3) is 0 Å². The predicted molar refractivity (Wildman–Crippen MR) is 87.9 cm³/mol. The fourth-order valence-corrected chi connectivity index (χ4v) is 4.12. The summed E-state index contributed by atoms with van der Waals surface area (Å²) in [6.07, 6.45) is 7.50. The average molecular weight is 294 g/mol. The number of nitrogens with one attached hydrogen (secondary N) is 1. The molecule has 1 aliphatic heterocycles. The number of carbonyl (C=O) groups is 1. The molecule has 21 heavy (non-hydrogen) atoms. The van der Waals surface area contributed by atoms with E-state index in [-0.39, 0.29) is 12.2 Å². The predicted octanol–water partition coefficient (Wildman–Crippen LogP) is 3.78. The van der Waals surface area contributed by atoms with Crippen molar-refractivity contribution >= 4 is 5.91 Å². The number of amides is 1. The molecule has 122 valence electrons. The minimum atomic E-state index is 0.0411. The van der Waals surface area contributed by atoms with Gasteiger partial charge in [0.25, 0.3) is 0 Å². The molecular formula is C18H34N2O. The van der Waals surface area contributed by atoms with Gasteiger partial charge < -0.3 is 4.90 Å². The highest BCUT2D eigenvalue weighted by atomic mass is 16.2. The fraction of sp³-hybridized carbons (Fsp3) is 0.944. The molecule has 0 aromatic rings. The molecule has 2 aliphatic rings. The molecule has 2 fully saturated rings. The van der Waals surface area contributed by atoms with Gasteiger partial charge in [0.15, 0.2) is 0 Å². The van der Waals surface area contributed by atoms with Crippen molar-refractivity contribution in [2.75, 3.05) is 0 Å². The van der Waals surface area contributed by atoms with Crippen molar-refractivity contribution in [1.82, 2.24) is 10.2 Å². The van der Waals surface area contributed by atoms with Crippen molar-refractivity contribution in [3.05, 3.63) is 0 Å². The van der Waals surface area contributed by atoms with E-state index >= 15 is 0 Å². The van der Waals surface area contributed by atoms with E-state index in [2.05, 4.69) is 44.8 Å². The molecule has 0 aromatic heterocycles. The first-order chi connectivity index (χ1) is 9.93. The number of hydrogen-bond acceptors (Lipinski definition) is 2. The van der Waals surface area contributed by atoms with Crippen LogP contribution >= 0.6 is 0 Å². The monoisotopic (exact) mass is 294 g/mol. The van der Waals surface area contributed by atoms with Crippen LogP contribution in [-0.4, -0.2) is 29.1 Å². The van der Waals surface area contributed by atoms with Crippen LogP contribution in [0.3, 0.4) is 0 Å². The summed E-state index contributed by atoms with van der Waals surface area (Å²) in [5, 5.41) is 3.63. The summed E-state index contributed by atoms with van der Waals surface area (Å²) >= 11 is 0. The number of carbonyl (C=O) groups excluding carboxylic acids is 1. The molecule has 3 nitrogen and oxygen atoms in total. The highest BCUT2D eigenvalue weighted by molar-refractivity contribution is 5.84. The van der Waals surface area contributed by atoms with Crippen LogP contribution in [0.15, 0.2) is 0 Å². The summed E-state index contributed by atoms with van der Waals surface area (Å²) in [6, 6.07) is 0.507. The highest BCUT2D eigenvalue weighted by Gasteiger charge is 2.44. The maximum Gasteiger partial charge on any atom is 0.241 e. The minimum absolute atomic E-state index is 0.0411. The zero-order valence-corrected chi connectivity index (χ0v) is 14.6. The van der Waals surface area contributed by atoms with Crippen molar-refractivity contribution in [2.45, 2.75) is 91.4 Å². The van der Waals surface area contributed by atoms with Gasteiger partial charge in [-0.3, -0.25) is 10.1 Å². The molecule has 1 heterocycles. The molecule has 0 radical (unpaired) electrons. The van der Waals surface area contributed by atoms with Gasteiger partial charge in [-0.25, -0.2) is 0 Å². The molecule has 1 aliphatic carbocycles. The van der Waals surface area contributed by atoms with Crippen LogP contribution in [-0.2, 0) is 4.79 Å². The highest BCUT2D eigenvalue weighted by Crippen LogP contribution is 2.34. The molecule has 2 rings (SSSR count). The molecule has 0 spiro atoms. The van der Waals surface area contributed by atoms with E-state index in [0.717, 1.165) is 12.3 Å². The quantitative estimate of drug-likeness (QED) is 0.837. The molecule has 1 N–H and O–H groups in total. The number of nitrogens with zero attached hydrogens (tertiary/aromatic N) is 1. The van der Waals surface area contributed by atoms with Crippen molar-refractivity contribution in [2.24, 2.45) is 17.8 Å². The molecule has 1 saturated carbocycles. The Morgan fingerprint density at radius 1 is 1.24 bits per heavy atom. The smallest absolute Gasteiger partial charge is 0.241 e. The number of rotatable bonds is 5. The maximum absolute atomic E-state index is 12.9. The Kier molecular flexibility index (Phi) is 5.70. The molecule has 3 heteroatoms. The Labute approximate surface area is 130 Å². The van der Waals surface area contributed by atoms with E-state index < -0.39 is 0 Å². The molecule has 1 saturated heterocycles. The lowest BCUT2D eigenvalue weighted by molar-refractivity contribution is -0.134. The van der Waals surface area contributed by atoms with E-state index in [0.29, 0.717) is 23.8 Å². The van der Waals surface area contributed by atoms with Gasteiger partial charge in [0.2, 0.25) is 5.91 Å². The third-order valence-corrected chi connectivity index (χ3v) is 5.29. The van der Waals surface area contributed by atoms with E-state index in [1.807, 2.05) is 0 Å². The van der Waals surface area contributed by atoms with Gasteiger partial charge in [0, 0.05) is 6.04 Å². The van der Waals surface area contributed by atoms with Crippen LogP contribution in [0.2, 0.25) is 0 Å². The molecular weight excluding hydrogens is 260 g/mol. The van der Waals surface area contributed by atoms with Gasteiger partial charge in [-0.05, 0) is 37.0 Å². The van der Waals surface area contributed by atoms with Crippen LogP contribution in [0.1, 0.15) is 73.1 Å². The molecule has 4 atom stereocenters. The van der Waals surface area contributed by atoms with Crippen LogP contribution < -0.4 is 5.32 Å². The second-order valence-corrected chi connectivity index (χ2v) is 7.88. The van der Waals surface area contributed by atoms with E-state index in [4.69, 9.17) is 0 Å². The summed E-state index contributed by atoms with van der Waals surface area (Å²) in [6.45, 7) is 11.2. The zero-order valence-electron chi connectivity index (χ0n) is 14.6. The first-order valence-electron chi connectivity index (χ1n) is 9.02. The molecule has 1 amide bonds. The maximum atomic E-state index is 12.9. The zero-order chi connectivity index (χ0) is 15.6. The minimum Gasteiger partial charge on any atom is -0.323 e. The third-order valence-electron chi connectivity index (χ3n) is 5.29. The van der Waals surface area contributed by atoms with Crippen molar-refractivity contribution < 1.29 is 4.79 Å². The lowest BCUT2D eigenvalue weighted by Gasteiger charge is -2.39. The van der Waals surface area contributed by atoms with E-state index in [1.165, 1.54) is 32.1 Å². The summed E-state index contributed by atoms with van der Waals surface area (Å²) < 4.78 is 0. The van der Waals surface area contributed by atoms with Crippen LogP contribution in [0.4, 0.5) is 0 Å². The van der Waals surface area contributed by atoms with Gasteiger partial charge in [0.1, 0.15) is 0 Å². The first-order valence-corrected chi connectivity index (χ1v) is 9.02. The van der Waals surface area contributed by atoms with Crippen molar-refractivity contribution in [3.63, 3.8) is 0 Å². The Morgan fingerprint density at radius 3 is 2.52 bits per heavy atom. The van der Waals surface area contributed by atoms with Crippen LogP contribution in [0.5, 0.6) is 0 Å². The molecule has 4 unspecified atom stereocenters. The summed E-state index contributed by atoms with van der Waals surface area (Å²) in [5.74, 6) is 2.22. The van der Waals surface area contributed by atoms with E-state index in [9.17, 15) is 4.79 Å². The Hall–Kier alpha value is -0.570. The van der Waals surface area contributed by atoms with Crippen molar-refractivity contribution in [3.8, 4) is 0 Å². The van der Waals surface area contributed by atoms with Gasteiger partial charge in [-0.2, -0.15) is 0 Å². The van der Waals surface area contributed by atoms with Crippen LogP contribution in [0, 0.1) is 17.8 Å². The van der Waals surface area contributed by atoms with Crippen molar-refractivity contribution in [1.29, 1.82) is 0 Å². The second-order valence-electron chi connectivity index (χ2n) is 7.88. The lowest BCUT2D eigenvalue weighted by Crippen LogP contribution is -2.48. The standard InChI is InChI=1S/C18H34N2O/c1-6-14-8-7-9-15(11-14)20-17(13(4)5)19-16(18(20)21)10-12(2)3/h12-17,19H,6-11H2,1-5H3. The van der Waals surface area contributed by atoms with Gasteiger partial charge >= 0.3 is 0 Å². The molecule has 0 bridgehead atoms. The Balaban J connectivity index is 2.12. The lowest BCUT2D eigenvalue weighted by atomic mass is 9.83. The van der Waals surface area contributed by atoms with Gasteiger partial charge in [-0.15, -0.1) is 0 Å². The Morgan fingerprint density at radius 2 is 1.95 bits per heavy atom. The molecule has 0 aromatic carbocycles. The normalized spacial score (nSPS) is 34.2. The average Bonchev–Trinajstić information content (AvgIpc) is 2.76. The Bertz CT molecular complexity index is 353. The largest absolute Gasteiger partial charge is 0.323 e. The summed E-state index contributed by atoms with van der Waals surface area (Å²) in [7, 11) is 0. The third kappa shape index (κ3) is 3.80. The summed E-state index contributed by atoms with van der Waals surface area (Å²) in [4.78, 5) is 15.1. The first kappa shape index (κ1) is 16.8. The van der Waals surface area contributed by atoms with E-state index in [1.54, 1.807) is 0 Å². The fourth-order valence-electron chi connectivity index (χ4n) is 4.12.